The number of halogens is 1. The zero-order chi connectivity index (χ0) is 18.3. The summed E-state index contributed by atoms with van der Waals surface area (Å²) in [5.41, 5.74) is 3.10. The fourth-order valence-electron chi connectivity index (χ4n) is 3.18. The Morgan fingerprint density at radius 3 is 2.23 bits per heavy atom. The second kappa shape index (κ2) is 7.03. The van der Waals surface area contributed by atoms with Gasteiger partial charge in [-0.15, -0.1) is 11.3 Å². The quantitative estimate of drug-likeness (QED) is 0.199. The van der Waals surface area contributed by atoms with Gasteiger partial charge in [0.1, 0.15) is 6.07 Å². The Kier molecular flexibility index (Phi) is 4.74. The number of fused-ring (bicyclic) bond motifs is 3. The molecule has 1 aromatic heterocycles. The number of nitriles is 1. The van der Waals surface area contributed by atoms with Crippen LogP contribution in [0.3, 0.4) is 0 Å². The van der Waals surface area contributed by atoms with Crippen LogP contribution in [0.2, 0.25) is 13.1 Å². The van der Waals surface area contributed by atoms with Crippen molar-refractivity contribution in [3.63, 3.8) is 0 Å². The number of hydrogen-bond acceptors (Lipinski definition) is 3. The van der Waals surface area contributed by atoms with Crippen LogP contribution in [-0.4, -0.2) is 8.80 Å². The molecule has 0 saturated heterocycles. The Morgan fingerprint density at radius 2 is 1.58 bits per heavy atom. The zero-order valence-electron chi connectivity index (χ0n) is 14.5. The number of thiophene rings is 1. The van der Waals surface area contributed by atoms with Gasteiger partial charge in [0, 0.05) is 10.8 Å². The van der Waals surface area contributed by atoms with E-state index in [9.17, 15) is 5.26 Å². The molecule has 4 aromatic rings. The molecule has 0 spiro atoms. The molecule has 0 N–H and O–H groups in total. The molecule has 5 heteroatoms. The summed E-state index contributed by atoms with van der Waals surface area (Å²) in [5, 5.41) is 13.3. The molecule has 3 aromatic carbocycles. The third-order valence-corrected chi connectivity index (χ3v) is 8.69. The molecule has 128 valence electrons. The first-order chi connectivity index (χ1) is 12.6. The van der Waals surface area contributed by atoms with Gasteiger partial charge in [-0.05, 0) is 24.3 Å². The molecule has 0 unspecified atom stereocenters. The van der Waals surface area contributed by atoms with E-state index in [1.807, 2.05) is 12.1 Å². The molecular weight excluding hydrogens is 467 g/mol. The molecule has 0 saturated carbocycles. The van der Waals surface area contributed by atoms with Gasteiger partial charge in [-0.25, -0.2) is 0 Å². The molecule has 0 bridgehead atoms. The highest BCUT2D eigenvalue weighted by Gasteiger charge is 2.15. The molecule has 0 fully saturated rings. The lowest BCUT2D eigenvalue weighted by Gasteiger charge is -2.18. The van der Waals surface area contributed by atoms with E-state index in [0.29, 0.717) is 0 Å². The van der Waals surface area contributed by atoms with E-state index in [1.165, 1.54) is 26.6 Å². The van der Waals surface area contributed by atoms with E-state index in [4.69, 9.17) is 0 Å². The molecule has 0 aliphatic heterocycles. The van der Waals surface area contributed by atoms with Crippen molar-refractivity contribution in [2.24, 2.45) is 0 Å². The standard InChI is InChI=1S/C21H17IN2SSi/c1-26(2)16-11-9-15(10-12-16)24(22)19-8-4-7-18-17-6-3-5-14(13-23)20(17)25-21(18)19/h3-12,26H,1-2H3. The number of hydrogen-bond donors (Lipinski definition) is 0. The molecule has 4 rings (SSSR count). The van der Waals surface area contributed by atoms with Gasteiger partial charge in [0.2, 0.25) is 0 Å². The van der Waals surface area contributed by atoms with Gasteiger partial charge < -0.3 is 0 Å². The minimum atomic E-state index is -0.774. The molecule has 26 heavy (non-hydrogen) atoms. The first kappa shape index (κ1) is 17.5. The van der Waals surface area contributed by atoms with Crippen LogP contribution in [0.4, 0.5) is 11.4 Å². The Morgan fingerprint density at radius 1 is 0.923 bits per heavy atom. The van der Waals surface area contributed by atoms with Gasteiger partial charge in [-0.3, -0.25) is 3.11 Å². The van der Waals surface area contributed by atoms with Gasteiger partial charge in [-0.1, -0.05) is 54.7 Å². The fraction of sp³-hybridized carbons (Fsp3) is 0.0952. The number of benzene rings is 3. The van der Waals surface area contributed by atoms with E-state index >= 15 is 0 Å². The molecular formula is C21H17IN2SSi. The van der Waals surface area contributed by atoms with Gasteiger partial charge in [0.05, 0.1) is 58.0 Å². The van der Waals surface area contributed by atoms with Crippen molar-refractivity contribution >= 4 is 79.7 Å². The van der Waals surface area contributed by atoms with Gasteiger partial charge in [-0.2, -0.15) is 5.26 Å². The first-order valence-corrected chi connectivity index (χ1v) is 13.2. The van der Waals surface area contributed by atoms with Crippen LogP contribution in [0.1, 0.15) is 5.56 Å². The minimum Gasteiger partial charge on any atom is -0.282 e. The average Bonchev–Trinajstić information content (AvgIpc) is 3.06. The van der Waals surface area contributed by atoms with E-state index in [0.717, 1.165) is 15.6 Å². The molecule has 0 atom stereocenters. The third-order valence-electron chi connectivity index (χ3n) is 4.62. The third kappa shape index (κ3) is 2.92. The Labute approximate surface area is 172 Å². The first-order valence-electron chi connectivity index (χ1n) is 8.50. The summed E-state index contributed by atoms with van der Waals surface area (Å²) in [4.78, 5) is 0. The maximum atomic E-state index is 9.44. The Balaban J connectivity index is 1.87. The lowest BCUT2D eigenvalue weighted by atomic mass is 10.1. The van der Waals surface area contributed by atoms with Crippen LogP contribution in [0.15, 0.2) is 60.7 Å². The lowest BCUT2D eigenvalue weighted by molar-refractivity contribution is 1.51. The molecule has 1 heterocycles. The van der Waals surface area contributed by atoms with Crippen molar-refractivity contribution in [1.29, 1.82) is 5.26 Å². The SMILES string of the molecule is C[SiH](C)c1ccc(N(I)c2cccc3c2sc2c(C#N)cccc23)cc1. The number of nitrogens with zero attached hydrogens (tertiary/aromatic N) is 2. The van der Waals surface area contributed by atoms with Crippen LogP contribution in [0, 0.1) is 11.3 Å². The average molecular weight is 484 g/mol. The maximum Gasteiger partial charge on any atom is 0.101 e. The fourth-order valence-corrected chi connectivity index (χ4v) is 6.29. The maximum absolute atomic E-state index is 9.44. The number of rotatable bonds is 3. The van der Waals surface area contributed by atoms with E-state index in [-0.39, 0.29) is 0 Å². The lowest BCUT2D eigenvalue weighted by Crippen LogP contribution is -2.22. The predicted molar refractivity (Wildman–Crippen MR) is 125 cm³/mol. The van der Waals surface area contributed by atoms with Gasteiger partial charge >= 0.3 is 0 Å². The summed E-state index contributed by atoms with van der Waals surface area (Å²) in [6.07, 6.45) is 0. The Bertz CT molecular complexity index is 1140. The summed E-state index contributed by atoms with van der Waals surface area (Å²) >= 11 is 4.09. The summed E-state index contributed by atoms with van der Waals surface area (Å²) in [6, 6.07) is 23.6. The molecule has 0 amide bonds. The zero-order valence-corrected chi connectivity index (χ0v) is 18.7. The minimum absolute atomic E-state index is 0.751. The van der Waals surface area contributed by atoms with Crippen molar-refractivity contribution in [1.82, 2.24) is 0 Å². The van der Waals surface area contributed by atoms with E-state index in [2.05, 4.69) is 93.7 Å². The van der Waals surface area contributed by atoms with Crippen molar-refractivity contribution < 1.29 is 0 Å². The highest BCUT2D eigenvalue weighted by molar-refractivity contribution is 14.1. The van der Waals surface area contributed by atoms with Gasteiger partial charge in [0.15, 0.2) is 0 Å². The largest absolute Gasteiger partial charge is 0.282 e. The smallest absolute Gasteiger partial charge is 0.101 e. The highest BCUT2D eigenvalue weighted by Crippen LogP contribution is 2.43. The summed E-state index contributed by atoms with van der Waals surface area (Å²) in [7, 11) is -0.774. The van der Waals surface area contributed by atoms with Crippen LogP contribution >= 0.6 is 34.2 Å². The van der Waals surface area contributed by atoms with Gasteiger partial charge in [0.25, 0.3) is 0 Å². The molecule has 0 aliphatic rings. The predicted octanol–water partition coefficient (Wildman–Crippen LogP) is 6.11. The molecule has 2 nitrogen and oxygen atoms in total. The summed E-state index contributed by atoms with van der Waals surface area (Å²) in [5.74, 6) is 0. The van der Waals surface area contributed by atoms with Crippen LogP contribution in [0.5, 0.6) is 0 Å². The van der Waals surface area contributed by atoms with E-state index < -0.39 is 8.80 Å². The van der Waals surface area contributed by atoms with Crippen molar-refractivity contribution in [2.75, 3.05) is 3.11 Å². The van der Waals surface area contributed by atoms with Crippen LogP contribution in [0.25, 0.3) is 20.2 Å². The van der Waals surface area contributed by atoms with Crippen LogP contribution < -0.4 is 8.30 Å². The molecule has 0 aliphatic carbocycles. The number of anilines is 2. The van der Waals surface area contributed by atoms with Crippen molar-refractivity contribution in [3.05, 3.63) is 66.2 Å². The second-order valence-electron chi connectivity index (χ2n) is 6.58. The van der Waals surface area contributed by atoms with Crippen molar-refractivity contribution in [2.45, 2.75) is 13.1 Å². The summed E-state index contributed by atoms with van der Waals surface area (Å²) < 4.78 is 4.51. The highest BCUT2D eigenvalue weighted by atomic mass is 127. The van der Waals surface area contributed by atoms with Crippen LogP contribution in [-0.2, 0) is 0 Å². The topological polar surface area (TPSA) is 27.0 Å². The normalized spacial score (nSPS) is 11.2. The van der Waals surface area contributed by atoms with E-state index in [1.54, 1.807) is 11.3 Å². The monoisotopic (exact) mass is 484 g/mol. The molecule has 0 radical (unpaired) electrons. The Hall–Kier alpha value is -1.88. The summed E-state index contributed by atoms with van der Waals surface area (Å²) in [6.45, 7) is 4.70. The second-order valence-corrected chi connectivity index (χ2v) is 11.5. The van der Waals surface area contributed by atoms with Crippen molar-refractivity contribution in [3.8, 4) is 6.07 Å².